The van der Waals surface area contributed by atoms with Crippen molar-refractivity contribution in [2.75, 3.05) is 47.7 Å². The van der Waals surface area contributed by atoms with E-state index in [1.54, 1.807) is 60.7 Å². The smallest absolute Gasteiger partial charge is 0.328 e. The summed E-state index contributed by atoms with van der Waals surface area (Å²) in [6.07, 6.45) is 4.52. The van der Waals surface area contributed by atoms with Crippen LogP contribution in [0.2, 0.25) is 0 Å². The predicted octanol–water partition coefficient (Wildman–Crippen LogP) is 2.62. The molecular formula is C35H37N3O11. The summed E-state index contributed by atoms with van der Waals surface area (Å²) in [5, 5.41) is 12.9. The summed E-state index contributed by atoms with van der Waals surface area (Å²) in [6.45, 7) is 2.59. The molecule has 2 aliphatic rings. The minimum Gasteiger partial charge on any atom is -0.497 e. The average Bonchev–Trinajstić information content (AvgIpc) is 3.83. The predicted molar refractivity (Wildman–Crippen MR) is 181 cm³/mol. The third-order valence-electron chi connectivity index (χ3n) is 7.81. The Morgan fingerprint density at radius 3 is 1.57 bits per heavy atom. The molecule has 4 heterocycles. The van der Waals surface area contributed by atoms with E-state index in [4.69, 9.17) is 33.5 Å². The number of ether oxygens (including phenoxy) is 6. The molecule has 6 rings (SSSR count). The highest BCUT2D eigenvalue weighted by molar-refractivity contribution is 5.96. The molecule has 2 saturated heterocycles. The summed E-state index contributed by atoms with van der Waals surface area (Å²) >= 11 is 0. The second-order valence-electron chi connectivity index (χ2n) is 10.8. The van der Waals surface area contributed by atoms with Gasteiger partial charge in [-0.2, -0.15) is 0 Å². The van der Waals surface area contributed by atoms with Crippen LogP contribution in [-0.4, -0.2) is 86.4 Å². The normalized spacial score (nSPS) is 15.2. The number of benzene rings is 2. The van der Waals surface area contributed by atoms with Crippen LogP contribution in [0.5, 0.6) is 11.5 Å². The van der Waals surface area contributed by atoms with Gasteiger partial charge in [-0.25, -0.2) is 4.79 Å². The van der Waals surface area contributed by atoms with Crippen molar-refractivity contribution in [3.05, 3.63) is 92.5 Å². The van der Waals surface area contributed by atoms with Crippen LogP contribution in [0.15, 0.2) is 70.3 Å². The molecule has 2 aromatic heterocycles. The van der Waals surface area contributed by atoms with E-state index >= 15 is 0 Å². The molecule has 0 saturated carbocycles. The van der Waals surface area contributed by atoms with Gasteiger partial charge in [0, 0.05) is 54.2 Å². The molecule has 0 aliphatic carbocycles. The zero-order valence-corrected chi connectivity index (χ0v) is 27.2. The van der Waals surface area contributed by atoms with Gasteiger partial charge in [0.25, 0.3) is 11.1 Å². The van der Waals surface area contributed by atoms with Crippen LogP contribution >= 0.6 is 0 Å². The van der Waals surface area contributed by atoms with Gasteiger partial charge in [0.2, 0.25) is 5.91 Å². The van der Waals surface area contributed by atoms with Gasteiger partial charge in [-0.15, -0.1) is 0 Å². The van der Waals surface area contributed by atoms with E-state index in [1.807, 2.05) is 12.1 Å². The first-order valence-corrected chi connectivity index (χ1v) is 15.4. The maximum absolute atomic E-state index is 12.6. The Kier molecular flexibility index (Phi) is 11.6. The molecule has 14 heteroatoms. The number of nitrogens with one attached hydrogen (secondary N) is 1. The van der Waals surface area contributed by atoms with Gasteiger partial charge in [0.1, 0.15) is 11.5 Å². The number of carbonyl (C=O) groups excluding carboxylic acids is 1. The number of methoxy groups -OCH3 is 2. The topological polar surface area (TPSA) is 166 Å². The highest BCUT2D eigenvalue weighted by Gasteiger charge is 2.20. The molecule has 0 bridgehead atoms. The summed E-state index contributed by atoms with van der Waals surface area (Å²) < 4.78 is 35.4. The van der Waals surface area contributed by atoms with Gasteiger partial charge < -0.3 is 48.0 Å². The van der Waals surface area contributed by atoms with Crippen molar-refractivity contribution in [3.63, 3.8) is 0 Å². The maximum atomic E-state index is 12.6. The number of fused-ring (bicyclic) bond motifs is 2. The van der Waals surface area contributed by atoms with E-state index in [2.05, 4.69) is 5.32 Å². The molecule has 0 atom stereocenters. The Labute approximate surface area is 280 Å². The van der Waals surface area contributed by atoms with Crippen LogP contribution in [0.1, 0.15) is 11.1 Å². The summed E-state index contributed by atoms with van der Waals surface area (Å²) in [5.41, 5.74) is 2.06. The minimum absolute atomic E-state index is 0.198. The molecule has 2 N–H and O–H groups in total. The first-order chi connectivity index (χ1) is 23.7. The second-order valence-corrected chi connectivity index (χ2v) is 10.8. The fourth-order valence-corrected chi connectivity index (χ4v) is 5.41. The molecule has 1 amide bonds. The molecule has 2 aliphatic heterocycles. The number of hydrogen-bond donors (Lipinski definition) is 2. The van der Waals surface area contributed by atoms with Crippen LogP contribution in [0.25, 0.3) is 34.0 Å². The lowest BCUT2D eigenvalue weighted by molar-refractivity contribution is -0.131. The van der Waals surface area contributed by atoms with Crippen molar-refractivity contribution in [1.82, 2.24) is 14.5 Å². The Bertz CT molecular complexity index is 2000. The molecule has 258 valence electrons. The largest absolute Gasteiger partial charge is 0.497 e. The van der Waals surface area contributed by atoms with Crippen molar-refractivity contribution in [2.45, 2.75) is 25.7 Å². The molecule has 0 radical (unpaired) electrons. The molecule has 14 nitrogen and oxygen atoms in total. The molecule has 0 spiro atoms. The first kappa shape index (κ1) is 35.0. The summed E-state index contributed by atoms with van der Waals surface area (Å²) in [4.78, 5) is 47.4. The van der Waals surface area contributed by atoms with Crippen LogP contribution < -0.4 is 25.9 Å². The van der Waals surface area contributed by atoms with E-state index in [0.29, 0.717) is 66.6 Å². The van der Waals surface area contributed by atoms with Gasteiger partial charge in [-0.3, -0.25) is 14.4 Å². The lowest BCUT2D eigenvalue weighted by Gasteiger charge is -2.16. The summed E-state index contributed by atoms with van der Waals surface area (Å²) in [7, 11) is 4.67. The molecule has 2 aromatic carbocycles. The van der Waals surface area contributed by atoms with Gasteiger partial charge in [0.05, 0.1) is 64.8 Å². The van der Waals surface area contributed by atoms with Crippen LogP contribution in [0.3, 0.4) is 0 Å². The number of pyridine rings is 2. The number of hydrogen-bond acceptors (Lipinski definition) is 10. The number of nitrogens with zero attached hydrogens (tertiary/aromatic N) is 2. The first-order valence-electron chi connectivity index (χ1n) is 15.4. The number of carboxylic acid groups (broad SMARTS) is 1. The molecule has 0 unspecified atom stereocenters. The van der Waals surface area contributed by atoms with Crippen LogP contribution in [-0.2, 0) is 41.6 Å². The van der Waals surface area contributed by atoms with E-state index in [-0.39, 0.29) is 23.6 Å². The average molecular weight is 676 g/mol. The SMILES string of the molecule is CNC(=O)/C=C/c1cc(=O)n(CC2OCCO2)c2cc(OC)ccc12.COc1ccc2c(/C=C/C(=O)O)cc(=O)n(CC3OCCO3)c2c1. The van der Waals surface area contributed by atoms with Gasteiger partial charge in [-0.05, 0) is 47.5 Å². The number of rotatable bonds is 10. The zero-order chi connectivity index (χ0) is 34.9. The fourth-order valence-electron chi connectivity index (χ4n) is 5.41. The monoisotopic (exact) mass is 675 g/mol. The van der Waals surface area contributed by atoms with E-state index in [9.17, 15) is 19.2 Å². The minimum atomic E-state index is -1.08. The Balaban J connectivity index is 0.000000191. The lowest BCUT2D eigenvalue weighted by Crippen LogP contribution is -2.27. The molecule has 4 aromatic rings. The van der Waals surface area contributed by atoms with Gasteiger partial charge in [-0.1, -0.05) is 0 Å². The van der Waals surface area contributed by atoms with Crippen molar-refractivity contribution in [1.29, 1.82) is 0 Å². The molecule has 49 heavy (non-hydrogen) atoms. The van der Waals surface area contributed by atoms with Crippen molar-refractivity contribution in [2.24, 2.45) is 0 Å². The number of carboxylic acids is 1. The number of aliphatic carboxylic acids is 1. The number of amides is 1. The Hall–Kier alpha value is -5.28. The van der Waals surface area contributed by atoms with Crippen LogP contribution in [0.4, 0.5) is 0 Å². The van der Waals surface area contributed by atoms with Gasteiger partial charge in [0.15, 0.2) is 12.6 Å². The third-order valence-corrected chi connectivity index (χ3v) is 7.81. The quantitative estimate of drug-likeness (QED) is 0.237. The highest BCUT2D eigenvalue weighted by atomic mass is 16.7. The summed E-state index contributed by atoms with van der Waals surface area (Å²) in [5.74, 6) is -0.0724. The third kappa shape index (κ3) is 8.61. The van der Waals surface area contributed by atoms with E-state index in [1.165, 1.54) is 24.3 Å². The zero-order valence-electron chi connectivity index (χ0n) is 27.2. The standard InChI is InChI=1S/C18H20N2O5.C17H17NO6/c1-19-16(21)6-3-12-9-17(22)20(11-18-24-7-8-25-18)15-10-13(23-2)4-5-14(12)15;1-22-12-3-4-13-11(2-5-16(20)21)8-15(19)18(14(13)9-12)10-17-23-6-7-24-17/h3-6,9-10,18H,7-8,11H2,1-2H3,(H,19,21);2-5,8-9,17H,6-7,10H2,1H3,(H,20,21)/b6-3+;5-2+. The summed E-state index contributed by atoms with van der Waals surface area (Å²) in [6, 6.07) is 13.7. The molecular weight excluding hydrogens is 638 g/mol. The maximum Gasteiger partial charge on any atom is 0.328 e. The van der Waals surface area contributed by atoms with Crippen molar-refractivity contribution < 1.29 is 43.1 Å². The van der Waals surface area contributed by atoms with E-state index in [0.717, 1.165) is 16.8 Å². The Morgan fingerprint density at radius 1 is 0.755 bits per heavy atom. The number of aromatic nitrogens is 2. The molecule has 2 fully saturated rings. The second kappa shape index (κ2) is 16.2. The fraction of sp³-hybridized carbons (Fsp3) is 0.314. The van der Waals surface area contributed by atoms with Gasteiger partial charge >= 0.3 is 5.97 Å². The van der Waals surface area contributed by atoms with Crippen LogP contribution in [0, 0.1) is 0 Å². The van der Waals surface area contributed by atoms with Crippen molar-refractivity contribution >= 4 is 45.8 Å². The number of carbonyl (C=O) groups is 2. The highest BCUT2D eigenvalue weighted by Crippen LogP contribution is 2.26. The Morgan fingerprint density at radius 2 is 1.18 bits per heavy atom. The number of likely N-dealkylation sites (N-methyl/N-ethyl adjacent to an activating group) is 1. The lowest BCUT2D eigenvalue weighted by atomic mass is 10.1. The van der Waals surface area contributed by atoms with Crippen molar-refractivity contribution in [3.8, 4) is 11.5 Å². The van der Waals surface area contributed by atoms with E-state index < -0.39 is 18.5 Å².